The second kappa shape index (κ2) is 3.84. The maximum atomic E-state index is 13.0. The molecule has 1 aromatic rings. The molecule has 0 fully saturated rings. The lowest BCUT2D eigenvalue weighted by atomic mass is 10.1. The minimum absolute atomic E-state index is 0.135. The summed E-state index contributed by atoms with van der Waals surface area (Å²) in [4.78, 5) is 3.57. The number of aromatic nitrogens is 1. The van der Waals surface area contributed by atoms with Crippen molar-refractivity contribution in [1.29, 1.82) is 10.5 Å². The molecule has 0 aromatic carbocycles. The standard InChI is InChI=1S/C8H3ClFN3/c9-6-1-7(10)8(13-4-6)5(2-11)3-12/h1,4-5H. The molecular formula is C8H3ClFN3. The van der Waals surface area contributed by atoms with Gasteiger partial charge in [0.25, 0.3) is 0 Å². The van der Waals surface area contributed by atoms with Crippen LogP contribution in [0.3, 0.4) is 0 Å². The minimum Gasteiger partial charge on any atom is -0.254 e. The topological polar surface area (TPSA) is 60.5 Å². The van der Waals surface area contributed by atoms with Crippen LogP contribution in [0.4, 0.5) is 4.39 Å². The molecule has 5 heteroatoms. The van der Waals surface area contributed by atoms with Gasteiger partial charge in [0.2, 0.25) is 0 Å². The second-order valence-electron chi connectivity index (χ2n) is 2.21. The Kier molecular flexibility index (Phi) is 2.79. The highest BCUT2D eigenvalue weighted by molar-refractivity contribution is 6.30. The molecule has 1 rings (SSSR count). The third-order valence-electron chi connectivity index (χ3n) is 1.37. The number of halogens is 2. The van der Waals surface area contributed by atoms with Crippen molar-refractivity contribution in [3.05, 3.63) is 28.8 Å². The Morgan fingerprint density at radius 3 is 2.54 bits per heavy atom. The van der Waals surface area contributed by atoms with E-state index in [1.807, 2.05) is 0 Å². The molecule has 13 heavy (non-hydrogen) atoms. The van der Waals surface area contributed by atoms with Crippen LogP contribution in [-0.2, 0) is 0 Å². The lowest BCUT2D eigenvalue weighted by Gasteiger charge is -2.00. The van der Waals surface area contributed by atoms with Gasteiger partial charge in [0.05, 0.1) is 17.2 Å². The molecule has 1 heterocycles. The van der Waals surface area contributed by atoms with Crippen molar-refractivity contribution in [2.24, 2.45) is 0 Å². The molecule has 0 N–H and O–H groups in total. The Morgan fingerprint density at radius 1 is 1.46 bits per heavy atom. The fourth-order valence-corrected chi connectivity index (χ4v) is 0.933. The first-order chi connectivity index (χ1) is 6.19. The zero-order chi connectivity index (χ0) is 9.84. The van der Waals surface area contributed by atoms with E-state index < -0.39 is 11.7 Å². The predicted molar refractivity (Wildman–Crippen MR) is 43.2 cm³/mol. The Labute approximate surface area is 79.0 Å². The molecule has 3 nitrogen and oxygen atoms in total. The van der Waals surface area contributed by atoms with Crippen molar-refractivity contribution in [2.75, 3.05) is 0 Å². The summed E-state index contributed by atoms with van der Waals surface area (Å²) in [5, 5.41) is 17.1. The molecule has 1 aromatic heterocycles. The normalized spacial score (nSPS) is 9.31. The van der Waals surface area contributed by atoms with Crippen molar-refractivity contribution < 1.29 is 4.39 Å². The summed E-state index contributed by atoms with van der Waals surface area (Å²) in [6, 6.07) is 4.26. The summed E-state index contributed by atoms with van der Waals surface area (Å²) in [7, 11) is 0. The lowest BCUT2D eigenvalue weighted by Crippen LogP contribution is -1.99. The van der Waals surface area contributed by atoms with Crippen molar-refractivity contribution in [2.45, 2.75) is 5.92 Å². The molecule has 0 saturated heterocycles. The van der Waals surface area contributed by atoms with Gasteiger partial charge >= 0.3 is 0 Å². The van der Waals surface area contributed by atoms with Crippen LogP contribution in [0, 0.1) is 28.5 Å². The lowest BCUT2D eigenvalue weighted by molar-refractivity contribution is 0.600. The molecule has 0 spiro atoms. The van der Waals surface area contributed by atoms with Gasteiger partial charge in [-0.15, -0.1) is 0 Å². The first-order valence-corrected chi connectivity index (χ1v) is 3.67. The highest BCUT2D eigenvalue weighted by Crippen LogP contribution is 2.18. The molecule has 0 aliphatic rings. The highest BCUT2D eigenvalue weighted by Gasteiger charge is 2.15. The summed E-state index contributed by atoms with van der Waals surface area (Å²) in [5.41, 5.74) is -0.186. The van der Waals surface area contributed by atoms with E-state index in [0.29, 0.717) is 0 Å². The van der Waals surface area contributed by atoms with Crippen molar-refractivity contribution in [3.63, 3.8) is 0 Å². The van der Waals surface area contributed by atoms with E-state index in [1.165, 1.54) is 6.20 Å². The monoisotopic (exact) mass is 195 g/mol. The first kappa shape index (κ1) is 9.44. The van der Waals surface area contributed by atoms with Crippen LogP contribution < -0.4 is 0 Å². The number of hydrogen-bond donors (Lipinski definition) is 0. The van der Waals surface area contributed by atoms with Crippen LogP contribution in [0.5, 0.6) is 0 Å². The number of rotatable bonds is 1. The van der Waals surface area contributed by atoms with Crippen LogP contribution in [0.15, 0.2) is 12.3 Å². The van der Waals surface area contributed by atoms with Gasteiger partial charge in [-0.3, -0.25) is 4.98 Å². The largest absolute Gasteiger partial charge is 0.254 e. The van der Waals surface area contributed by atoms with Crippen LogP contribution in [0.2, 0.25) is 5.02 Å². The summed E-state index contributed by atoms with van der Waals surface area (Å²) in [6.45, 7) is 0. The number of nitrogens with zero attached hydrogens (tertiary/aromatic N) is 3. The fraction of sp³-hybridized carbons (Fsp3) is 0.125. The van der Waals surface area contributed by atoms with E-state index in [4.69, 9.17) is 22.1 Å². The average molecular weight is 196 g/mol. The van der Waals surface area contributed by atoms with Gasteiger partial charge in [-0.1, -0.05) is 11.6 Å². The summed E-state index contributed by atoms with van der Waals surface area (Å²) in [5.74, 6) is -1.92. The molecule has 0 radical (unpaired) electrons. The molecule has 0 aliphatic carbocycles. The first-order valence-electron chi connectivity index (χ1n) is 3.29. The van der Waals surface area contributed by atoms with Crippen LogP contribution >= 0.6 is 11.6 Å². The van der Waals surface area contributed by atoms with E-state index in [9.17, 15) is 4.39 Å². The highest BCUT2D eigenvalue weighted by atomic mass is 35.5. The molecule has 0 aliphatic heterocycles. The van der Waals surface area contributed by atoms with Gasteiger partial charge in [-0.2, -0.15) is 10.5 Å². The van der Waals surface area contributed by atoms with E-state index in [0.717, 1.165) is 6.07 Å². The Hall–Kier alpha value is -1.65. The van der Waals surface area contributed by atoms with E-state index >= 15 is 0 Å². The zero-order valence-corrected chi connectivity index (χ0v) is 7.09. The quantitative estimate of drug-likeness (QED) is 0.689. The predicted octanol–water partition coefficient (Wildman–Crippen LogP) is 2.00. The van der Waals surface area contributed by atoms with Crippen molar-refractivity contribution in [3.8, 4) is 12.1 Å². The maximum absolute atomic E-state index is 13.0. The number of hydrogen-bond acceptors (Lipinski definition) is 3. The Bertz CT molecular complexity index is 391. The van der Waals surface area contributed by atoms with Crippen LogP contribution in [0.25, 0.3) is 0 Å². The fourth-order valence-electron chi connectivity index (χ4n) is 0.789. The molecule has 0 unspecified atom stereocenters. The smallest absolute Gasteiger partial charge is 0.177 e. The second-order valence-corrected chi connectivity index (χ2v) is 2.65. The van der Waals surface area contributed by atoms with Gasteiger partial charge in [-0.25, -0.2) is 4.39 Å². The summed E-state index contributed by atoms with van der Waals surface area (Å²) < 4.78 is 13.0. The molecule has 0 saturated carbocycles. The van der Waals surface area contributed by atoms with E-state index in [1.54, 1.807) is 12.1 Å². The summed E-state index contributed by atoms with van der Waals surface area (Å²) >= 11 is 5.44. The van der Waals surface area contributed by atoms with Crippen molar-refractivity contribution >= 4 is 11.6 Å². The van der Waals surface area contributed by atoms with Crippen molar-refractivity contribution in [1.82, 2.24) is 4.98 Å². The zero-order valence-electron chi connectivity index (χ0n) is 6.33. The number of pyridine rings is 1. The Morgan fingerprint density at radius 2 is 2.08 bits per heavy atom. The average Bonchev–Trinajstić information content (AvgIpc) is 2.10. The van der Waals surface area contributed by atoms with E-state index in [2.05, 4.69) is 4.98 Å². The van der Waals surface area contributed by atoms with Crippen LogP contribution in [-0.4, -0.2) is 4.98 Å². The third kappa shape index (κ3) is 1.93. The molecule has 0 bridgehead atoms. The SMILES string of the molecule is N#CC(C#N)c1ncc(Cl)cc1F. The molecular weight excluding hydrogens is 193 g/mol. The minimum atomic E-state index is -1.18. The third-order valence-corrected chi connectivity index (χ3v) is 1.57. The molecule has 64 valence electrons. The van der Waals surface area contributed by atoms with Gasteiger partial charge in [0.1, 0.15) is 11.5 Å². The van der Waals surface area contributed by atoms with E-state index in [-0.39, 0.29) is 10.7 Å². The van der Waals surface area contributed by atoms with Crippen LogP contribution in [0.1, 0.15) is 11.6 Å². The van der Waals surface area contributed by atoms with Gasteiger partial charge in [-0.05, 0) is 6.07 Å². The molecule has 0 amide bonds. The Balaban J connectivity index is 3.18. The number of nitriles is 2. The molecule has 0 atom stereocenters. The van der Waals surface area contributed by atoms with Gasteiger partial charge < -0.3 is 0 Å². The van der Waals surface area contributed by atoms with Gasteiger partial charge in [0, 0.05) is 6.20 Å². The van der Waals surface area contributed by atoms with Gasteiger partial charge in [0.15, 0.2) is 5.92 Å². The maximum Gasteiger partial charge on any atom is 0.177 e. The summed E-state index contributed by atoms with van der Waals surface area (Å²) in [6.07, 6.45) is 1.20.